The van der Waals surface area contributed by atoms with Crippen molar-refractivity contribution in [3.05, 3.63) is 42.5 Å². The van der Waals surface area contributed by atoms with Crippen LogP contribution in [-0.2, 0) is 14.6 Å². The first-order valence-electron chi connectivity index (χ1n) is 9.04. The lowest BCUT2D eigenvalue weighted by Gasteiger charge is -2.48. The predicted octanol–water partition coefficient (Wildman–Crippen LogP) is 3.80. The molecule has 0 amide bonds. The van der Waals surface area contributed by atoms with E-state index in [1.165, 1.54) is 0 Å². The number of hydrogen-bond donors (Lipinski definition) is 0. The second-order valence-electron chi connectivity index (χ2n) is 7.58. The average molecular weight is 344 g/mol. The summed E-state index contributed by atoms with van der Waals surface area (Å²) >= 11 is 0. The quantitative estimate of drug-likeness (QED) is 0.767. The van der Waals surface area contributed by atoms with Crippen molar-refractivity contribution in [1.29, 1.82) is 0 Å². The molecular weight excluding hydrogens is 320 g/mol. The number of rotatable bonds is 2. The normalized spacial score (nSPS) is 36.0. The first kappa shape index (κ1) is 16.1. The maximum Gasteiger partial charge on any atom is 0.181 e. The Labute approximate surface area is 144 Å². The van der Waals surface area contributed by atoms with Crippen LogP contribution >= 0.6 is 0 Å². The van der Waals surface area contributed by atoms with Crippen LogP contribution in [0.5, 0.6) is 0 Å². The van der Waals surface area contributed by atoms with Crippen LogP contribution in [0.4, 0.5) is 0 Å². The van der Waals surface area contributed by atoms with E-state index in [0.29, 0.717) is 47.7 Å². The van der Waals surface area contributed by atoms with Crippen LogP contribution in [0.2, 0.25) is 0 Å². The molecule has 0 spiro atoms. The molecule has 2 saturated carbocycles. The van der Waals surface area contributed by atoms with Gasteiger partial charge in [-0.05, 0) is 61.5 Å². The molecule has 1 aromatic rings. The van der Waals surface area contributed by atoms with Gasteiger partial charge in [0, 0.05) is 12.8 Å². The number of Topliss-reactive ketones (excluding diaryl/α,β-unsaturated/α-hetero) is 1. The van der Waals surface area contributed by atoms with Crippen molar-refractivity contribution in [2.24, 2.45) is 23.7 Å². The molecular formula is C20H24O3S. The van der Waals surface area contributed by atoms with Crippen molar-refractivity contribution in [3.63, 3.8) is 0 Å². The summed E-state index contributed by atoms with van der Waals surface area (Å²) in [6, 6.07) is 8.88. The zero-order chi connectivity index (χ0) is 16.7. The minimum absolute atomic E-state index is 0.173. The van der Waals surface area contributed by atoms with Crippen molar-refractivity contribution in [2.75, 3.05) is 0 Å². The number of hydrogen-bond acceptors (Lipinski definition) is 3. The molecule has 4 rings (SSSR count). The van der Waals surface area contributed by atoms with Gasteiger partial charge in [-0.25, -0.2) is 8.42 Å². The minimum atomic E-state index is -3.33. The molecule has 3 aliphatic carbocycles. The van der Waals surface area contributed by atoms with Crippen LogP contribution in [0.3, 0.4) is 0 Å². The molecule has 1 unspecified atom stereocenters. The molecule has 128 valence electrons. The lowest BCUT2D eigenvalue weighted by atomic mass is 9.59. The molecule has 0 bridgehead atoms. The maximum absolute atomic E-state index is 13.3. The summed E-state index contributed by atoms with van der Waals surface area (Å²) in [6.07, 6.45) is 9.18. The van der Waals surface area contributed by atoms with E-state index >= 15 is 0 Å². The molecule has 0 saturated heterocycles. The Morgan fingerprint density at radius 1 is 1.00 bits per heavy atom. The summed E-state index contributed by atoms with van der Waals surface area (Å²) < 4.78 is 26.6. The van der Waals surface area contributed by atoms with Gasteiger partial charge in [0.05, 0.1) is 10.1 Å². The Morgan fingerprint density at radius 2 is 1.79 bits per heavy atom. The molecule has 0 N–H and O–H groups in total. The summed E-state index contributed by atoms with van der Waals surface area (Å²) in [5.74, 6) is 1.68. The molecule has 5 atom stereocenters. The monoisotopic (exact) mass is 344 g/mol. The number of ketones is 1. The molecule has 0 radical (unpaired) electrons. The van der Waals surface area contributed by atoms with E-state index in [1.54, 1.807) is 24.3 Å². The predicted molar refractivity (Wildman–Crippen MR) is 93.2 cm³/mol. The highest BCUT2D eigenvalue weighted by Gasteiger charge is 2.49. The van der Waals surface area contributed by atoms with Gasteiger partial charge in [-0.1, -0.05) is 30.4 Å². The van der Waals surface area contributed by atoms with Crippen molar-refractivity contribution in [3.8, 4) is 0 Å². The topological polar surface area (TPSA) is 51.2 Å². The molecule has 0 heterocycles. The second-order valence-corrected chi connectivity index (χ2v) is 9.75. The number of benzene rings is 1. The summed E-state index contributed by atoms with van der Waals surface area (Å²) in [5, 5.41) is -0.337. The van der Waals surface area contributed by atoms with Crippen molar-refractivity contribution in [1.82, 2.24) is 0 Å². The van der Waals surface area contributed by atoms with Gasteiger partial charge in [0.1, 0.15) is 5.78 Å². The lowest BCUT2D eigenvalue weighted by molar-refractivity contribution is -0.124. The Balaban J connectivity index is 1.71. The third-order valence-corrected chi connectivity index (χ3v) is 8.60. The molecule has 3 aliphatic rings. The van der Waals surface area contributed by atoms with Gasteiger partial charge in [0.15, 0.2) is 9.84 Å². The van der Waals surface area contributed by atoms with Gasteiger partial charge in [-0.3, -0.25) is 4.79 Å². The van der Waals surface area contributed by atoms with E-state index in [-0.39, 0.29) is 11.2 Å². The van der Waals surface area contributed by atoms with E-state index in [9.17, 15) is 13.2 Å². The second kappa shape index (κ2) is 6.14. The average Bonchev–Trinajstić information content (AvgIpc) is 2.61. The van der Waals surface area contributed by atoms with Crippen LogP contribution in [0.25, 0.3) is 0 Å². The van der Waals surface area contributed by atoms with Crippen LogP contribution in [-0.4, -0.2) is 19.5 Å². The zero-order valence-electron chi connectivity index (χ0n) is 13.8. The third kappa shape index (κ3) is 2.65. The van der Waals surface area contributed by atoms with Gasteiger partial charge in [0.2, 0.25) is 0 Å². The van der Waals surface area contributed by atoms with Gasteiger partial charge in [-0.15, -0.1) is 0 Å². The number of carbonyl (C=O) groups is 1. The summed E-state index contributed by atoms with van der Waals surface area (Å²) in [4.78, 5) is 12.3. The smallest absolute Gasteiger partial charge is 0.181 e. The fraction of sp³-hybridized carbons (Fsp3) is 0.550. The van der Waals surface area contributed by atoms with Crippen molar-refractivity contribution >= 4 is 15.6 Å². The summed E-state index contributed by atoms with van der Waals surface area (Å²) in [7, 11) is -3.33. The number of sulfone groups is 1. The molecule has 3 nitrogen and oxygen atoms in total. The number of carbonyl (C=O) groups excluding carboxylic acids is 1. The van der Waals surface area contributed by atoms with Gasteiger partial charge >= 0.3 is 0 Å². The summed E-state index contributed by atoms with van der Waals surface area (Å²) in [5.41, 5.74) is 0. The Morgan fingerprint density at radius 3 is 2.58 bits per heavy atom. The van der Waals surface area contributed by atoms with Gasteiger partial charge in [-0.2, -0.15) is 0 Å². The largest absolute Gasteiger partial charge is 0.300 e. The van der Waals surface area contributed by atoms with E-state index in [1.807, 2.05) is 6.07 Å². The van der Waals surface area contributed by atoms with E-state index in [4.69, 9.17) is 0 Å². The molecule has 24 heavy (non-hydrogen) atoms. The standard InChI is InChI=1S/C20H24O3S/c21-16-11-12-18-15(13-16)10-9-14-5-4-8-19(20(14)18)24(22,23)17-6-2-1-3-7-17/h1-7,14-15,18-20H,8-13H2/t14?,15-,18-,19+,20-/m0/s1. The van der Waals surface area contributed by atoms with E-state index in [2.05, 4.69) is 12.2 Å². The van der Waals surface area contributed by atoms with Crippen molar-refractivity contribution < 1.29 is 13.2 Å². The molecule has 0 aromatic heterocycles. The SMILES string of the molecule is O=C1CC[C@H]2[C@@H](CCC3C=CC[C@@H](S(=O)(=O)c4ccccc4)[C@@H]32)C1. The molecule has 2 fully saturated rings. The minimum Gasteiger partial charge on any atom is -0.300 e. The summed E-state index contributed by atoms with van der Waals surface area (Å²) in [6.45, 7) is 0. The first-order valence-corrected chi connectivity index (χ1v) is 10.6. The first-order chi connectivity index (χ1) is 11.6. The highest BCUT2D eigenvalue weighted by atomic mass is 32.2. The Bertz CT molecular complexity index is 750. The van der Waals surface area contributed by atoms with Crippen LogP contribution in [0, 0.1) is 23.7 Å². The Hall–Kier alpha value is -1.42. The lowest BCUT2D eigenvalue weighted by Crippen LogP contribution is -2.47. The molecule has 0 aliphatic heterocycles. The van der Waals surface area contributed by atoms with Crippen LogP contribution < -0.4 is 0 Å². The number of allylic oxidation sites excluding steroid dienone is 2. The third-order valence-electron chi connectivity index (χ3n) is 6.36. The highest BCUT2D eigenvalue weighted by Crippen LogP contribution is 2.51. The molecule has 1 aromatic carbocycles. The highest BCUT2D eigenvalue weighted by molar-refractivity contribution is 7.92. The van der Waals surface area contributed by atoms with E-state index < -0.39 is 9.84 Å². The van der Waals surface area contributed by atoms with Gasteiger partial charge in [0.25, 0.3) is 0 Å². The number of fused-ring (bicyclic) bond motifs is 3. The fourth-order valence-corrected chi connectivity index (χ4v) is 7.36. The van der Waals surface area contributed by atoms with Crippen molar-refractivity contribution in [2.45, 2.75) is 48.7 Å². The Kier molecular flexibility index (Phi) is 4.11. The van der Waals surface area contributed by atoms with Crippen LogP contribution in [0.15, 0.2) is 47.4 Å². The maximum atomic E-state index is 13.3. The fourth-order valence-electron chi connectivity index (χ4n) is 5.29. The van der Waals surface area contributed by atoms with E-state index in [0.717, 1.165) is 19.3 Å². The molecule has 4 heteroatoms. The van der Waals surface area contributed by atoms with Gasteiger partial charge < -0.3 is 0 Å². The zero-order valence-corrected chi connectivity index (χ0v) is 14.6. The van der Waals surface area contributed by atoms with Crippen LogP contribution in [0.1, 0.15) is 38.5 Å².